The molecule has 0 bridgehead atoms. The number of epoxide rings is 2. The highest BCUT2D eigenvalue weighted by Crippen LogP contribution is 2.31. The maximum Gasteiger partial charge on any atom is 0.107 e. The average Bonchev–Trinajstić information content (AvgIpc) is 3.94. The van der Waals surface area contributed by atoms with Crippen LogP contribution in [0.15, 0.2) is 0 Å². The highest BCUT2D eigenvalue weighted by molar-refractivity contribution is 4.86. The van der Waals surface area contributed by atoms with Crippen LogP contribution in [-0.2, 0) is 14.2 Å². The highest BCUT2D eigenvalue weighted by Gasteiger charge is 2.40. The molecule has 0 amide bonds. The van der Waals surface area contributed by atoms with Gasteiger partial charge in [0.1, 0.15) is 12.2 Å². The molecule has 4 aliphatic rings. The smallest absolute Gasteiger partial charge is 0.107 e. The standard InChI is InChI=1S/C42H78O3/c1(3-7-11-19-27-37-29-21-15-16-22-30-37)5-9-13-25-33-39(41-35-43-41)45-40(42-36-44-42)34-26-14-10-6-2-4-8-12-20-28-38-31-23-17-18-24-32-38/h37-42H,1-36H2. The summed E-state index contributed by atoms with van der Waals surface area (Å²) in [5, 5.41) is 0. The van der Waals surface area contributed by atoms with Crippen LogP contribution in [0.4, 0.5) is 0 Å². The van der Waals surface area contributed by atoms with Crippen molar-refractivity contribution >= 4 is 0 Å². The fourth-order valence-electron chi connectivity index (χ4n) is 8.79. The molecular formula is C42H78O3. The minimum absolute atomic E-state index is 0.301. The van der Waals surface area contributed by atoms with E-state index in [-0.39, 0.29) is 0 Å². The lowest BCUT2D eigenvalue weighted by molar-refractivity contribution is -0.0468. The molecule has 0 radical (unpaired) electrons. The third-order valence-corrected chi connectivity index (χ3v) is 12.0. The first-order chi connectivity index (χ1) is 22.4. The summed E-state index contributed by atoms with van der Waals surface area (Å²) in [4.78, 5) is 0. The van der Waals surface area contributed by atoms with Gasteiger partial charge in [0, 0.05) is 0 Å². The molecule has 2 heterocycles. The molecule has 264 valence electrons. The predicted octanol–water partition coefficient (Wildman–Crippen LogP) is 13.1. The van der Waals surface area contributed by atoms with Crippen molar-refractivity contribution in [2.75, 3.05) is 13.2 Å². The van der Waals surface area contributed by atoms with E-state index < -0.39 is 0 Å². The summed E-state index contributed by atoms with van der Waals surface area (Å²) in [6.45, 7) is 1.81. The lowest BCUT2D eigenvalue weighted by Crippen LogP contribution is -2.30. The van der Waals surface area contributed by atoms with Crippen molar-refractivity contribution < 1.29 is 14.2 Å². The highest BCUT2D eigenvalue weighted by atomic mass is 16.6. The van der Waals surface area contributed by atoms with E-state index in [9.17, 15) is 0 Å². The third kappa shape index (κ3) is 18.9. The molecule has 2 saturated heterocycles. The van der Waals surface area contributed by atoms with Crippen LogP contribution >= 0.6 is 0 Å². The van der Waals surface area contributed by atoms with Crippen LogP contribution in [0.2, 0.25) is 0 Å². The second-order valence-electron chi connectivity index (χ2n) is 16.2. The normalized spacial score (nSPS) is 24.3. The Morgan fingerprint density at radius 3 is 0.978 bits per heavy atom. The maximum atomic E-state index is 6.71. The minimum atomic E-state index is 0.301. The maximum absolute atomic E-state index is 6.71. The molecule has 45 heavy (non-hydrogen) atoms. The van der Waals surface area contributed by atoms with E-state index in [0.717, 1.165) is 25.0 Å². The third-order valence-electron chi connectivity index (χ3n) is 12.0. The lowest BCUT2D eigenvalue weighted by Gasteiger charge is -2.23. The van der Waals surface area contributed by atoms with Crippen molar-refractivity contribution in [1.82, 2.24) is 0 Å². The fraction of sp³-hybridized carbons (Fsp3) is 1.00. The number of rotatable bonds is 28. The molecule has 2 saturated carbocycles. The number of hydrogen-bond donors (Lipinski definition) is 0. The Labute approximate surface area is 281 Å². The van der Waals surface area contributed by atoms with Gasteiger partial charge in [-0.15, -0.1) is 0 Å². The van der Waals surface area contributed by atoms with Crippen LogP contribution in [0.1, 0.15) is 218 Å². The van der Waals surface area contributed by atoms with Crippen LogP contribution in [0, 0.1) is 11.8 Å². The zero-order valence-electron chi connectivity index (χ0n) is 30.1. The van der Waals surface area contributed by atoms with Gasteiger partial charge in [-0.3, -0.25) is 0 Å². The lowest BCUT2D eigenvalue weighted by atomic mass is 9.93. The van der Waals surface area contributed by atoms with Crippen LogP contribution < -0.4 is 0 Å². The molecule has 4 fully saturated rings. The quantitative estimate of drug-likeness (QED) is 0.0490. The summed E-state index contributed by atoms with van der Waals surface area (Å²) in [6, 6.07) is 0. The monoisotopic (exact) mass is 631 g/mol. The zero-order valence-corrected chi connectivity index (χ0v) is 30.1. The van der Waals surface area contributed by atoms with Crippen LogP contribution in [0.5, 0.6) is 0 Å². The van der Waals surface area contributed by atoms with E-state index in [1.54, 1.807) is 0 Å². The number of ether oxygens (including phenoxy) is 3. The van der Waals surface area contributed by atoms with Gasteiger partial charge >= 0.3 is 0 Å². The Morgan fingerprint density at radius 2 is 0.667 bits per heavy atom. The van der Waals surface area contributed by atoms with Crippen molar-refractivity contribution in [1.29, 1.82) is 0 Å². The molecule has 4 atom stereocenters. The van der Waals surface area contributed by atoms with Crippen molar-refractivity contribution in [3.8, 4) is 0 Å². The van der Waals surface area contributed by atoms with Crippen molar-refractivity contribution in [2.24, 2.45) is 11.8 Å². The van der Waals surface area contributed by atoms with Gasteiger partial charge in [-0.2, -0.15) is 0 Å². The molecule has 0 N–H and O–H groups in total. The van der Waals surface area contributed by atoms with E-state index >= 15 is 0 Å². The first kappa shape index (κ1) is 37.7. The summed E-state index contributed by atoms with van der Waals surface area (Å²) < 4.78 is 18.2. The van der Waals surface area contributed by atoms with Crippen molar-refractivity contribution in [3.63, 3.8) is 0 Å². The van der Waals surface area contributed by atoms with Gasteiger partial charge in [-0.25, -0.2) is 0 Å². The first-order valence-electron chi connectivity index (χ1n) is 21.3. The summed E-state index contributed by atoms with van der Waals surface area (Å²) in [5.74, 6) is 2.13. The molecule has 3 nitrogen and oxygen atoms in total. The van der Waals surface area contributed by atoms with Crippen LogP contribution in [0.25, 0.3) is 0 Å². The Bertz CT molecular complexity index is 601. The van der Waals surface area contributed by atoms with Gasteiger partial charge in [-0.1, -0.05) is 205 Å². The zero-order chi connectivity index (χ0) is 31.0. The SMILES string of the molecule is C(CCCCCC1CCCCCC1)CCCCCC(OC(CCCCCCCCCCCC1CCCCCC1)C1CO1)C1CO1. The molecular weight excluding hydrogens is 552 g/mol. The Morgan fingerprint density at radius 1 is 0.378 bits per heavy atom. The molecule has 0 spiro atoms. The molecule has 0 aromatic heterocycles. The number of hydrogen-bond acceptors (Lipinski definition) is 3. The summed E-state index contributed by atoms with van der Waals surface area (Å²) in [7, 11) is 0. The van der Waals surface area contributed by atoms with Crippen molar-refractivity contribution in [2.45, 2.75) is 243 Å². The second kappa shape index (κ2) is 24.9. The predicted molar refractivity (Wildman–Crippen MR) is 192 cm³/mol. The second-order valence-corrected chi connectivity index (χ2v) is 16.2. The van der Waals surface area contributed by atoms with E-state index in [1.165, 1.54) is 218 Å². The van der Waals surface area contributed by atoms with E-state index in [4.69, 9.17) is 14.2 Å². The van der Waals surface area contributed by atoms with E-state index in [2.05, 4.69) is 0 Å². The van der Waals surface area contributed by atoms with Gasteiger partial charge in [0.25, 0.3) is 0 Å². The first-order valence-corrected chi connectivity index (χ1v) is 21.3. The Kier molecular flexibility index (Phi) is 20.9. The number of unbranched alkanes of at least 4 members (excludes halogenated alkanes) is 16. The molecule has 3 heteroatoms. The fourth-order valence-corrected chi connectivity index (χ4v) is 8.79. The van der Waals surface area contributed by atoms with Gasteiger partial charge < -0.3 is 14.2 Å². The van der Waals surface area contributed by atoms with Gasteiger partial charge in [0.05, 0.1) is 25.4 Å². The van der Waals surface area contributed by atoms with Crippen LogP contribution in [0.3, 0.4) is 0 Å². The molecule has 2 aliphatic carbocycles. The van der Waals surface area contributed by atoms with E-state index in [0.29, 0.717) is 24.4 Å². The Hall–Kier alpha value is -0.120. The summed E-state index contributed by atoms with van der Waals surface area (Å²) >= 11 is 0. The topological polar surface area (TPSA) is 34.3 Å². The molecule has 0 aromatic rings. The average molecular weight is 631 g/mol. The minimum Gasteiger partial charge on any atom is -0.370 e. The molecule has 0 aromatic carbocycles. The van der Waals surface area contributed by atoms with Gasteiger partial charge in [0.2, 0.25) is 0 Å². The molecule has 2 aliphatic heterocycles. The van der Waals surface area contributed by atoms with Gasteiger partial charge in [0.15, 0.2) is 0 Å². The Balaban J connectivity index is 0.921. The molecule has 4 unspecified atom stereocenters. The summed E-state index contributed by atoms with van der Waals surface area (Å²) in [5.41, 5.74) is 0. The largest absolute Gasteiger partial charge is 0.370 e. The van der Waals surface area contributed by atoms with Crippen molar-refractivity contribution in [3.05, 3.63) is 0 Å². The van der Waals surface area contributed by atoms with E-state index in [1.807, 2.05) is 0 Å². The summed E-state index contributed by atoms with van der Waals surface area (Å²) in [6.07, 6.45) is 50.4. The molecule has 4 rings (SSSR count). The van der Waals surface area contributed by atoms with Crippen LogP contribution in [-0.4, -0.2) is 37.6 Å². The van der Waals surface area contributed by atoms with Gasteiger partial charge in [-0.05, 0) is 24.7 Å².